The van der Waals surface area contributed by atoms with Crippen LogP contribution in [0.2, 0.25) is 0 Å². The highest BCUT2D eigenvalue weighted by Gasteiger charge is 2.04. The third kappa shape index (κ3) is 5.68. The van der Waals surface area contributed by atoms with Crippen molar-refractivity contribution in [3.05, 3.63) is 29.8 Å². The van der Waals surface area contributed by atoms with Crippen molar-refractivity contribution in [2.75, 3.05) is 6.54 Å². The first-order valence-electron chi connectivity index (χ1n) is 6.42. The average molecular weight is 250 g/mol. The van der Waals surface area contributed by atoms with E-state index in [-0.39, 0.29) is 17.7 Å². The standard InChI is InChI=1S/C14H22N2O2/c1-2-12(15)5-8-14(18)16-10-9-11-3-6-13(17)7-4-11/h3-4,6-7,12,17H,2,5,8-10,15H2,1H3,(H,16,18). The quantitative estimate of drug-likeness (QED) is 0.687. The van der Waals surface area contributed by atoms with Gasteiger partial charge in [0, 0.05) is 19.0 Å². The molecule has 4 N–H and O–H groups in total. The van der Waals surface area contributed by atoms with Crippen LogP contribution in [0.1, 0.15) is 31.7 Å². The van der Waals surface area contributed by atoms with Crippen molar-refractivity contribution in [3.63, 3.8) is 0 Å². The Morgan fingerprint density at radius 3 is 2.67 bits per heavy atom. The van der Waals surface area contributed by atoms with Crippen molar-refractivity contribution >= 4 is 5.91 Å². The third-order valence-electron chi connectivity index (χ3n) is 2.94. The zero-order valence-corrected chi connectivity index (χ0v) is 10.9. The number of phenols is 1. The van der Waals surface area contributed by atoms with E-state index < -0.39 is 0 Å². The number of nitrogens with two attached hydrogens (primary N) is 1. The van der Waals surface area contributed by atoms with Gasteiger partial charge in [-0.3, -0.25) is 4.79 Å². The van der Waals surface area contributed by atoms with Gasteiger partial charge in [0.15, 0.2) is 0 Å². The van der Waals surface area contributed by atoms with E-state index >= 15 is 0 Å². The Bertz CT molecular complexity index is 363. The summed E-state index contributed by atoms with van der Waals surface area (Å²) >= 11 is 0. The molecule has 1 unspecified atom stereocenters. The number of carbonyl (C=O) groups is 1. The van der Waals surface area contributed by atoms with Gasteiger partial charge in [-0.25, -0.2) is 0 Å². The molecule has 4 heteroatoms. The summed E-state index contributed by atoms with van der Waals surface area (Å²) in [5.41, 5.74) is 6.85. The minimum absolute atomic E-state index is 0.0534. The second-order valence-electron chi connectivity index (χ2n) is 4.47. The van der Waals surface area contributed by atoms with Crippen molar-refractivity contribution in [2.45, 2.75) is 38.6 Å². The predicted molar refractivity (Wildman–Crippen MR) is 72.3 cm³/mol. The van der Waals surface area contributed by atoms with E-state index in [9.17, 15) is 4.79 Å². The summed E-state index contributed by atoms with van der Waals surface area (Å²) < 4.78 is 0. The lowest BCUT2D eigenvalue weighted by atomic mass is 10.1. The molecule has 1 aromatic carbocycles. The smallest absolute Gasteiger partial charge is 0.220 e. The van der Waals surface area contributed by atoms with Crippen molar-refractivity contribution in [1.82, 2.24) is 5.32 Å². The van der Waals surface area contributed by atoms with Crippen LogP contribution in [0.5, 0.6) is 5.75 Å². The lowest BCUT2D eigenvalue weighted by Gasteiger charge is -2.09. The number of hydrogen-bond acceptors (Lipinski definition) is 3. The first-order valence-corrected chi connectivity index (χ1v) is 6.42. The van der Waals surface area contributed by atoms with E-state index in [1.807, 2.05) is 19.1 Å². The number of nitrogens with one attached hydrogen (secondary N) is 1. The van der Waals surface area contributed by atoms with Gasteiger partial charge in [0.1, 0.15) is 5.75 Å². The molecular weight excluding hydrogens is 228 g/mol. The maximum atomic E-state index is 11.5. The maximum absolute atomic E-state index is 11.5. The highest BCUT2D eigenvalue weighted by molar-refractivity contribution is 5.75. The van der Waals surface area contributed by atoms with Crippen LogP contribution in [0.15, 0.2) is 24.3 Å². The number of hydrogen-bond donors (Lipinski definition) is 3. The molecule has 0 aliphatic heterocycles. The van der Waals surface area contributed by atoms with E-state index in [1.54, 1.807) is 12.1 Å². The minimum Gasteiger partial charge on any atom is -0.508 e. The average Bonchev–Trinajstić information content (AvgIpc) is 2.38. The molecule has 1 atom stereocenters. The van der Waals surface area contributed by atoms with Crippen LogP contribution in [0.4, 0.5) is 0 Å². The molecule has 0 aliphatic carbocycles. The van der Waals surface area contributed by atoms with Gasteiger partial charge in [-0.2, -0.15) is 0 Å². The molecule has 0 fully saturated rings. The van der Waals surface area contributed by atoms with Crippen LogP contribution in [-0.2, 0) is 11.2 Å². The topological polar surface area (TPSA) is 75.4 Å². The molecule has 1 aromatic rings. The SMILES string of the molecule is CCC(N)CCC(=O)NCCc1ccc(O)cc1. The zero-order valence-electron chi connectivity index (χ0n) is 10.9. The van der Waals surface area contributed by atoms with Gasteiger partial charge in [0.2, 0.25) is 5.91 Å². The van der Waals surface area contributed by atoms with Crippen LogP contribution in [-0.4, -0.2) is 23.6 Å². The molecule has 4 nitrogen and oxygen atoms in total. The minimum atomic E-state index is 0.0534. The number of rotatable bonds is 7. The highest BCUT2D eigenvalue weighted by Crippen LogP contribution is 2.09. The van der Waals surface area contributed by atoms with Gasteiger partial charge in [-0.1, -0.05) is 19.1 Å². The Hall–Kier alpha value is -1.55. The molecule has 0 aromatic heterocycles. The second kappa shape index (κ2) is 7.71. The highest BCUT2D eigenvalue weighted by atomic mass is 16.3. The first kappa shape index (κ1) is 14.5. The van der Waals surface area contributed by atoms with Gasteiger partial charge in [0.05, 0.1) is 0 Å². The van der Waals surface area contributed by atoms with Crippen LogP contribution in [0.3, 0.4) is 0 Å². The van der Waals surface area contributed by atoms with Gasteiger partial charge >= 0.3 is 0 Å². The van der Waals surface area contributed by atoms with Crippen molar-refractivity contribution in [3.8, 4) is 5.75 Å². The van der Waals surface area contributed by atoms with E-state index in [2.05, 4.69) is 5.32 Å². The molecule has 100 valence electrons. The maximum Gasteiger partial charge on any atom is 0.220 e. The van der Waals surface area contributed by atoms with Crippen LogP contribution in [0.25, 0.3) is 0 Å². The lowest BCUT2D eigenvalue weighted by Crippen LogP contribution is -2.28. The van der Waals surface area contributed by atoms with Crippen molar-refractivity contribution < 1.29 is 9.90 Å². The third-order valence-corrected chi connectivity index (χ3v) is 2.94. The summed E-state index contributed by atoms with van der Waals surface area (Å²) in [7, 11) is 0. The number of carbonyl (C=O) groups excluding carboxylic acids is 1. The zero-order chi connectivity index (χ0) is 13.4. The van der Waals surface area contributed by atoms with Crippen LogP contribution in [0, 0.1) is 0 Å². The van der Waals surface area contributed by atoms with Gasteiger partial charge in [-0.15, -0.1) is 0 Å². The summed E-state index contributed by atoms with van der Waals surface area (Å²) in [5, 5.41) is 12.0. The molecule has 0 aliphatic rings. The molecule has 18 heavy (non-hydrogen) atoms. The molecular formula is C14H22N2O2. The molecule has 1 amide bonds. The molecule has 0 bridgehead atoms. The second-order valence-corrected chi connectivity index (χ2v) is 4.47. The summed E-state index contributed by atoms with van der Waals surface area (Å²) in [6, 6.07) is 7.13. The molecule has 0 saturated heterocycles. The Kier molecular flexibility index (Phi) is 6.22. The van der Waals surface area contributed by atoms with Gasteiger partial charge in [-0.05, 0) is 37.0 Å². The largest absolute Gasteiger partial charge is 0.508 e. The van der Waals surface area contributed by atoms with Gasteiger partial charge in [0.25, 0.3) is 0 Å². The number of aromatic hydroxyl groups is 1. The van der Waals surface area contributed by atoms with E-state index in [1.165, 1.54) is 0 Å². The molecule has 0 spiro atoms. The van der Waals surface area contributed by atoms with Crippen molar-refractivity contribution in [1.29, 1.82) is 0 Å². The van der Waals surface area contributed by atoms with Gasteiger partial charge < -0.3 is 16.2 Å². The van der Waals surface area contributed by atoms with E-state index in [0.717, 1.165) is 24.8 Å². The van der Waals surface area contributed by atoms with Crippen molar-refractivity contribution in [2.24, 2.45) is 5.73 Å². The Labute approximate surface area is 108 Å². The molecule has 0 radical (unpaired) electrons. The summed E-state index contributed by atoms with van der Waals surface area (Å²) in [4.78, 5) is 11.5. The summed E-state index contributed by atoms with van der Waals surface area (Å²) in [6.45, 7) is 2.64. The Morgan fingerprint density at radius 2 is 2.06 bits per heavy atom. The predicted octanol–water partition coefficient (Wildman–Crippen LogP) is 1.57. The van der Waals surface area contributed by atoms with Crippen LogP contribution < -0.4 is 11.1 Å². The molecule has 1 rings (SSSR count). The first-order chi connectivity index (χ1) is 8.61. The fourth-order valence-electron chi connectivity index (χ4n) is 1.62. The molecule has 0 heterocycles. The normalized spacial score (nSPS) is 12.1. The number of amides is 1. The Morgan fingerprint density at radius 1 is 1.39 bits per heavy atom. The Balaban J connectivity index is 2.17. The fraction of sp³-hybridized carbons (Fsp3) is 0.500. The number of benzene rings is 1. The molecule has 0 saturated carbocycles. The summed E-state index contributed by atoms with van der Waals surface area (Å²) in [6.07, 6.45) is 2.90. The van der Waals surface area contributed by atoms with Crippen LogP contribution >= 0.6 is 0 Å². The van der Waals surface area contributed by atoms with E-state index in [4.69, 9.17) is 10.8 Å². The number of phenolic OH excluding ortho intramolecular Hbond substituents is 1. The van der Waals surface area contributed by atoms with E-state index in [0.29, 0.717) is 13.0 Å². The summed E-state index contributed by atoms with van der Waals surface area (Å²) in [5.74, 6) is 0.314. The lowest BCUT2D eigenvalue weighted by molar-refractivity contribution is -0.121. The monoisotopic (exact) mass is 250 g/mol. The fourth-order valence-corrected chi connectivity index (χ4v) is 1.62.